The SMILES string of the molecule is CCOc1ccccc1N(CC(=O)N(CCc1ccccc1)[C@@H](C)C(=O)NC(C)C)S(=O)(=O)c1ccc(Cl)cc1. The van der Waals surface area contributed by atoms with E-state index in [-0.39, 0.29) is 29.1 Å². The standard InChI is InChI=1S/C30H36ClN3O5S/c1-5-39-28-14-10-9-13-27(28)34(40(37,38)26-17-15-25(31)16-18-26)21-29(35)33(23(4)30(36)32-22(2)3)20-19-24-11-7-6-8-12-24/h6-18,22-23H,5,19-21H2,1-4H3,(H,32,36)/t23-/m0/s1. The Bertz CT molecular complexity index is 1380. The molecular formula is C30H36ClN3O5S. The van der Waals surface area contributed by atoms with Gasteiger partial charge in [-0.05, 0) is 76.1 Å². The van der Waals surface area contributed by atoms with E-state index in [1.165, 1.54) is 29.2 Å². The highest BCUT2D eigenvalue weighted by Gasteiger charge is 2.33. The minimum atomic E-state index is -4.23. The quantitative estimate of drug-likeness (QED) is 0.307. The zero-order chi connectivity index (χ0) is 29.3. The fraction of sp³-hybridized carbons (Fsp3) is 0.333. The van der Waals surface area contributed by atoms with Crippen molar-refractivity contribution in [3.8, 4) is 5.75 Å². The van der Waals surface area contributed by atoms with Gasteiger partial charge in [-0.1, -0.05) is 54.1 Å². The number of amides is 2. The normalized spacial score (nSPS) is 12.1. The van der Waals surface area contributed by atoms with Gasteiger partial charge in [-0.15, -0.1) is 0 Å². The molecule has 0 spiro atoms. The summed E-state index contributed by atoms with van der Waals surface area (Å²) in [6.45, 7) is 7.10. The van der Waals surface area contributed by atoms with Crippen molar-refractivity contribution in [3.05, 3.63) is 89.4 Å². The predicted molar refractivity (Wildman–Crippen MR) is 158 cm³/mol. The molecule has 10 heteroatoms. The number of nitrogens with one attached hydrogen (secondary N) is 1. The molecule has 0 heterocycles. The van der Waals surface area contributed by atoms with Gasteiger partial charge in [0.1, 0.15) is 18.3 Å². The lowest BCUT2D eigenvalue weighted by Gasteiger charge is -2.32. The molecule has 0 saturated carbocycles. The Morgan fingerprint density at radius 1 is 0.925 bits per heavy atom. The van der Waals surface area contributed by atoms with Crippen molar-refractivity contribution in [2.75, 3.05) is 24.0 Å². The molecule has 0 fully saturated rings. The number of halogens is 1. The van der Waals surface area contributed by atoms with E-state index >= 15 is 0 Å². The number of para-hydroxylation sites is 2. The second kappa shape index (κ2) is 14.2. The Hall–Kier alpha value is -3.56. The summed E-state index contributed by atoms with van der Waals surface area (Å²) in [7, 11) is -4.23. The minimum absolute atomic E-state index is 0.0302. The van der Waals surface area contributed by atoms with Crippen molar-refractivity contribution >= 4 is 39.1 Å². The zero-order valence-electron chi connectivity index (χ0n) is 23.2. The molecule has 0 aliphatic heterocycles. The lowest BCUT2D eigenvalue weighted by atomic mass is 10.1. The third kappa shape index (κ3) is 7.99. The van der Waals surface area contributed by atoms with Gasteiger partial charge < -0.3 is 15.0 Å². The first kappa shape index (κ1) is 31.0. The van der Waals surface area contributed by atoms with Gasteiger partial charge in [-0.25, -0.2) is 8.42 Å². The highest BCUT2D eigenvalue weighted by Crippen LogP contribution is 2.33. The van der Waals surface area contributed by atoms with E-state index in [0.717, 1.165) is 9.87 Å². The molecule has 0 bridgehead atoms. The van der Waals surface area contributed by atoms with Gasteiger partial charge in [0.25, 0.3) is 10.0 Å². The van der Waals surface area contributed by atoms with Crippen LogP contribution < -0.4 is 14.4 Å². The Balaban J connectivity index is 2.03. The summed E-state index contributed by atoms with van der Waals surface area (Å²) in [5, 5.41) is 3.23. The molecule has 40 heavy (non-hydrogen) atoms. The molecule has 3 aromatic rings. The van der Waals surface area contributed by atoms with Gasteiger partial charge >= 0.3 is 0 Å². The highest BCUT2D eigenvalue weighted by molar-refractivity contribution is 7.92. The second-order valence-electron chi connectivity index (χ2n) is 9.53. The van der Waals surface area contributed by atoms with Crippen molar-refractivity contribution in [1.82, 2.24) is 10.2 Å². The molecule has 0 unspecified atom stereocenters. The van der Waals surface area contributed by atoms with Gasteiger partial charge in [0.05, 0.1) is 17.2 Å². The maximum atomic E-state index is 14.0. The molecule has 1 N–H and O–H groups in total. The average molecular weight is 586 g/mol. The highest BCUT2D eigenvalue weighted by atomic mass is 35.5. The van der Waals surface area contributed by atoms with Crippen molar-refractivity contribution in [2.24, 2.45) is 0 Å². The van der Waals surface area contributed by atoms with Crippen molar-refractivity contribution in [2.45, 2.75) is 51.1 Å². The Morgan fingerprint density at radius 2 is 1.55 bits per heavy atom. The number of ether oxygens (including phenoxy) is 1. The van der Waals surface area contributed by atoms with Crippen LogP contribution in [0.15, 0.2) is 83.8 Å². The third-order valence-electron chi connectivity index (χ3n) is 6.20. The van der Waals surface area contributed by atoms with Crippen molar-refractivity contribution < 1.29 is 22.7 Å². The molecule has 0 saturated heterocycles. The van der Waals surface area contributed by atoms with Crippen LogP contribution in [0, 0.1) is 0 Å². The van der Waals surface area contributed by atoms with E-state index < -0.39 is 28.5 Å². The number of rotatable bonds is 13. The molecule has 1 atom stereocenters. The number of hydrogen-bond donors (Lipinski definition) is 1. The summed E-state index contributed by atoms with van der Waals surface area (Å²) in [6.07, 6.45) is 0.491. The van der Waals surface area contributed by atoms with Crippen LogP contribution in [0.2, 0.25) is 5.02 Å². The van der Waals surface area contributed by atoms with Gasteiger partial charge in [-0.2, -0.15) is 0 Å². The molecule has 2 amide bonds. The summed E-state index contributed by atoms with van der Waals surface area (Å²) in [5.74, 6) is -0.527. The van der Waals surface area contributed by atoms with Gasteiger partial charge in [0.15, 0.2) is 0 Å². The van der Waals surface area contributed by atoms with Crippen LogP contribution in [0.3, 0.4) is 0 Å². The lowest BCUT2D eigenvalue weighted by Crippen LogP contribution is -2.53. The van der Waals surface area contributed by atoms with E-state index in [0.29, 0.717) is 23.8 Å². The topological polar surface area (TPSA) is 96.0 Å². The number of hydrogen-bond acceptors (Lipinski definition) is 5. The number of nitrogens with zero attached hydrogens (tertiary/aromatic N) is 2. The van der Waals surface area contributed by atoms with Gasteiger partial charge in [-0.3, -0.25) is 13.9 Å². The van der Waals surface area contributed by atoms with Crippen molar-refractivity contribution in [3.63, 3.8) is 0 Å². The van der Waals surface area contributed by atoms with E-state index in [2.05, 4.69) is 5.32 Å². The molecule has 3 aromatic carbocycles. The zero-order valence-corrected chi connectivity index (χ0v) is 24.8. The molecule has 3 rings (SSSR count). The van der Waals surface area contributed by atoms with E-state index in [4.69, 9.17) is 16.3 Å². The maximum absolute atomic E-state index is 14.0. The number of carbonyl (C=O) groups excluding carboxylic acids is 2. The third-order valence-corrected chi connectivity index (χ3v) is 8.22. The predicted octanol–water partition coefficient (Wildman–Crippen LogP) is 4.92. The van der Waals surface area contributed by atoms with E-state index in [1.807, 2.05) is 44.2 Å². The molecule has 0 aromatic heterocycles. The fourth-order valence-corrected chi connectivity index (χ4v) is 5.71. The monoisotopic (exact) mass is 585 g/mol. The second-order valence-corrected chi connectivity index (χ2v) is 11.8. The van der Waals surface area contributed by atoms with E-state index in [1.54, 1.807) is 38.1 Å². The largest absolute Gasteiger partial charge is 0.492 e. The smallest absolute Gasteiger partial charge is 0.264 e. The molecule has 214 valence electrons. The first-order valence-corrected chi connectivity index (χ1v) is 15.0. The summed E-state index contributed by atoms with van der Waals surface area (Å²) >= 11 is 6.01. The van der Waals surface area contributed by atoms with Crippen molar-refractivity contribution in [1.29, 1.82) is 0 Å². The molecular weight excluding hydrogens is 550 g/mol. The van der Waals surface area contributed by atoms with Gasteiger partial charge in [0, 0.05) is 17.6 Å². The lowest BCUT2D eigenvalue weighted by molar-refractivity contribution is -0.139. The van der Waals surface area contributed by atoms with Crippen LogP contribution in [0.4, 0.5) is 5.69 Å². The first-order chi connectivity index (χ1) is 19.0. The summed E-state index contributed by atoms with van der Waals surface area (Å²) < 4.78 is 34.7. The minimum Gasteiger partial charge on any atom is -0.492 e. The number of carbonyl (C=O) groups is 2. The molecule has 0 aliphatic carbocycles. The molecule has 0 radical (unpaired) electrons. The number of anilines is 1. The Morgan fingerprint density at radius 3 is 2.17 bits per heavy atom. The maximum Gasteiger partial charge on any atom is 0.264 e. The fourth-order valence-electron chi connectivity index (χ4n) is 4.16. The van der Waals surface area contributed by atoms with Crippen LogP contribution in [-0.4, -0.2) is 56.9 Å². The van der Waals surface area contributed by atoms with Crippen LogP contribution in [0.1, 0.15) is 33.3 Å². The van der Waals surface area contributed by atoms with Gasteiger partial charge in [0.2, 0.25) is 11.8 Å². The molecule has 8 nitrogen and oxygen atoms in total. The first-order valence-electron chi connectivity index (χ1n) is 13.2. The van der Waals surface area contributed by atoms with Crippen LogP contribution in [0.25, 0.3) is 0 Å². The molecule has 0 aliphatic rings. The summed E-state index contributed by atoms with van der Waals surface area (Å²) in [5.41, 5.74) is 1.21. The van der Waals surface area contributed by atoms with Crippen LogP contribution in [0.5, 0.6) is 5.75 Å². The summed E-state index contributed by atoms with van der Waals surface area (Å²) in [6, 6.07) is 21.0. The number of benzene rings is 3. The number of sulfonamides is 1. The van der Waals surface area contributed by atoms with Crippen LogP contribution >= 0.6 is 11.6 Å². The Kier molecular flexibility index (Phi) is 11.0. The van der Waals surface area contributed by atoms with E-state index in [9.17, 15) is 18.0 Å². The summed E-state index contributed by atoms with van der Waals surface area (Å²) in [4.78, 5) is 28.3. The van der Waals surface area contributed by atoms with Crippen LogP contribution in [-0.2, 0) is 26.0 Å². The average Bonchev–Trinajstić information content (AvgIpc) is 2.92. The Labute approximate surface area is 241 Å².